The maximum atomic E-state index is 13.2. The Morgan fingerprint density at radius 1 is 1.44 bits per heavy atom. The van der Waals surface area contributed by atoms with Crippen LogP contribution in [0.1, 0.15) is 58.7 Å². The van der Waals surface area contributed by atoms with E-state index in [-0.39, 0.29) is 12.0 Å². The van der Waals surface area contributed by atoms with E-state index in [4.69, 9.17) is 4.74 Å². The van der Waals surface area contributed by atoms with Crippen LogP contribution in [-0.2, 0) is 11.3 Å². The average molecular weight is 359 g/mol. The summed E-state index contributed by atoms with van der Waals surface area (Å²) in [6.45, 7) is 8.00. The molecule has 1 amide bonds. The van der Waals surface area contributed by atoms with Gasteiger partial charge in [0.1, 0.15) is 4.88 Å². The Hall–Kier alpha value is -1.79. The van der Waals surface area contributed by atoms with Crippen molar-refractivity contribution >= 4 is 17.2 Å². The lowest BCUT2D eigenvalue weighted by Crippen LogP contribution is -2.37. The molecule has 1 atom stereocenters. The van der Waals surface area contributed by atoms with Gasteiger partial charge in [0.25, 0.3) is 5.91 Å². The molecular formula is C19H25N3O2S. The summed E-state index contributed by atoms with van der Waals surface area (Å²) >= 11 is 1.51. The first-order chi connectivity index (χ1) is 12.0. The number of carbonyl (C=O) groups is 1. The van der Waals surface area contributed by atoms with Gasteiger partial charge >= 0.3 is 0 Å². The highest BCUT2D eigenvalue weighted by Crippen LogP contribution is 2.27. The minimum Gasteiger partial charge on any atom is -0.376 e. The van der Waals surface area contributed by atoms with Crippen LogP contribution in [0.2, 0.25) is 0 Å². The van der Waals surface area contributed by atoms with Crippen LogP contribution >= 0.6 is 11.3 Å². The predicted octanol–water partition coefficient (Wildman–Crippen LogP) is 3.79. The molecule has 1 aliphatic rings. The number of nitrogens with zero attached hydrogens (tertiary/aromatic N) is 3. The zero-order valence-corrected chi connectivity index (χ0v) is 15.9. The number of aromatic nitrogens is 2. The fourth-order valence-corrected chi connectivity index (χ4v) is 3.98. The first-order valence-electron chi connectivity index (χ1n) is 8.82. The molecule has 0 aromatic carbocycles. The molecule has 0 radical (unpaired) electrons. The van der Waals surface area contributed by atoms with Gasteiger partial charge in [-0.25, -0.2) is 4.98 Å². The number of aryl methyl sites for hydroxylation is 1. The highest BCUT2D eigenvalue weighted by atomic mass is 32.1. The van der Waals surface area contributed by atoms with Gasteiger partial charge in [-0.3, -0.25) is 9.78 Å². The van der Waals surface area contributed by atoms with Crippen molar-refractivity contribution in [2.24, 2.45) is 0 Å². The highest BCUT2D eigenvalue weighted by Gasteiger charge is 2.27. The highest BCUT2D eigenvalue weighted by molar-refractivity contribution is 7.13. The Morgan fingerprint density at radius 2 is 2.28 bits per heavy atom. The van der Waals surface area contributed by atoms with Gasteiger partial charge in [0.2, 0.25) is 0 Å². The SMILES string of the molecule is Cc1nc(C(C)C)sc1C(=O)N(Cc1ccccn1)C[C@H]1CCCO1. The van der Waals surface area contributed by atoms with Crippen LogP contribution in [0.4, 0.5) is 0 Å². The molecule has 0 bridgehead atoms. The lowest BCUT2D eigenvalue weighted by Gasteiger charge is -2.25. The van der Waals surface area contributed by atoms with Crippen molar-refractivity contribution in [3.05, 3.63) is 45.7 Å². The number of pyridine rings is 1. The van der Waals surface area contributed by atoms with Crippen molar-refractivity contribution in [3.63, 3.8) is 0 Å². The third-order valence-corrected chi connectivity index (χ3v) is 5.76. The van der Waals surface area contributed by atoms with Crippen LogP contribution in [0.3, 0.4) is 0 Å². The van der Waals surface area contributed by atoms with E-state index in [0.29, 0.717) is 19.0 Å². The van der Waals surface area contributed by atoms with E-state index in [1.807, 2.05) is 30.0 Å². The van der Waals surface area contributed by atoms with Crippen molar-refractivity contribution in [1.82, 2.24) is 14.9 Å². The lowest BCUT2D eigenvalue weighted by molar-refractivity contribution is 0.0507. The molecule has 0 saturated carbocycles. The molecular weight excluding hydrogens is 334 g/mol. The van der Waals surface area contributed by atoms with Gasteiger partial charge in [-0.15, -0.1) is 11.3 Å². The van der Waals surface area contributed by atoms with Gasteiger partial charge < -0.3 is 9.64 Å². The topological polar surface area (TPSA) is 55.3 Å². The van der Waals surface area contributed by atoms with E-state index in [1.54, 1.807) is 6.20 Å². The van der Waals surface area contributed by atoms with Gasteiger partial charge in [-0.1, -0.05) is 19.9 Å². The van der Waals surface area contributed by atoms with Crippen molar-refractivity contribution in [1.29, 1.82) is 0 Å². The zero-order chi connectivity index (χ0) is 17.8. The number of hydrogen-bond donors (Lipinski definition) is 0. The quantitative estimate of drug-likeness (QED) is 0.787. The molecule has 0 unspecified atom stereocenters. The first-order valence-corrected chi connectivity index (χ1v) is 9.64. The third-order valence-electron chi connectivity index (χ3n) is 4.32. The smallest absolute Gasteiger partial charge is 0.266 e. The standard InChI is InChI=1S/C19H25N3O2S/c1-13(2)18-21-14(3)17(25-18)19(23)22(12-16-8-6-10-24-16)11-15-7-4-5-9-20-15/h4-5,7,9,13,16H,6,8,10-12H2,1-3H3/t16-/m1/s1. The fraction of sp³-hybridized carbons (Fsp3) is 0.526. The summed E-state index contributed by atoms with van der Waals surface area (Å²) in [6.07, 6.45) is 3.95. The van der Waals surface area contributed by atoms with E-state index in [9.17, 15) is 4.79 Å². The summed E-state index contributed by atoms with van der Waals surface area (Å²) in [5.74, 6) is 0.357. The molecule has 0 N–H and O–H groups in total. The van der Waals surface area contributed by atoms with Crippen LogP contribution in [0.5, 0.6) is 0 Å². The Labute approximate surface area is 153 Å². The third kappa shape index (κ3) is 4.44. The van der Waals surface area contributed by atoms with Crippen molar-refractivity contribution in [2.75, 3.05) is 13.2 Å². The average Bonchev–Trinajstić information content (AvgIpc) is 3.24. The van der Waals surface area contributed by atoms with Crippen LogP contribution < -0.4 is 0 Å². The molecule has 0 spiro atoms. The van der Waals surface area contributed by atoms with Crippen molar-refractivity contribution < 1.29 is 9.53 Å². The number of ether oxygens (including phenoxy) is 1. The summed E-state index contributed by atoms with van der Waals surface area (Å²) < 4.78 is 5.75. The van der Waals surface area contributed by atoms with Crippen LogP contribution in [0.25, 0.3) is 0 Å². The Morgan fingerprint density at radius 3 is 2.88 bits per heavy atom. The summed E-state index contributed by atoms with van der Waals surface area (Å²) in [4.78, 5) is 24.8. The minimum atomic E-state index is 0.0306. The number of amides is 1. The molecule has 1 aliphatic heterocycles. The van der Waals surface area contributed by atoms with Gasteiger partial charge in [-0.05, 0) is 31.9 Å². The van der Waals surface area contributed by atoms with Crippen molar-refractivity contribution in [3.8, 4) is 0 Å². The Balaban J connectivity index is 1.83. The van der Waals surface area contributed by atoms with E-state index in [1.165, 1.54) is 11.3 Å². The monoisotopic (exact) mass is 359 g/mol. The van der Waals surface area contributed by atoms with Crippen LogP contribution in [0, 0.1) is 6.92 Å². The van der Waals surface area contributed by atoms with E-state index in [0.717, 1.165) is 40.7 Å². The molecule has 3 rings (SSSR count). The first kappa shape index (κ1) is 18.0. The molecule has 1 saturated heterocycles. The molecule has 25 heavy (non-hydrogen) atoms. The van der Waals surface area contributed by atoms with E-state index in [2.05, 4.69) is 23.8 Å². The van der Waals surface area contributed by atoms with Crippen molar-refractivity contribution in [2.45, 2.75) is 52.2 Å². The van der Waals surface area contributed by atoms with Gasteiger partial charge in [-0.2, -0.15) is 0 Å². The molecule has 0 aliphatic carbocycles. The van der Waals surface area contributed by atoms with E-state index < -0.39 is 0 Å². The fourth-order valence-electron chi connectivity index (χ4n) is 2.95. The molecule has 1 fully saturated rings. The van der Waals surface area contributed by atoms with E-state index >= 15 is 0 Å². The second-order valence-corrected chi connectivity index (χ2v) is 7.79. The van der Waals surface area contributed by atoms with Crippen LogP contribution in [-0.4, -0.2) is 40.0 Å². The second-order valence-electron chi connectivity index (χ2n) is 6.76. The predicted molar refractivity (Wildman–Crippen MR) is 98.9 cm³/mol. The Bertz CT molecular complexity index is 709. The summed E-state index contributed by atoms with van der Waals surface area (Å²) in [5, 5.41) is 1.01. The summed E-state index contributed by atoms with van der Waals surface area (Å²) in [6, 6.07) is 5.79. The summed E-state index contributed by atoms with van der Waals surface area (Å²) in [5.41, 5.74) is 1.71. The van der Waals surface area contributed by atoms with Gasteiger partial charge in [0.05, 0.1) is 29.0 Å². The minimum absolute atomic E-state index is 0.0306. The number of rotatable bonds is 6. The molecule has 134 valence electrons. The molecule has 6 heteroatoms. The van der Waals surface area contributed by atoms with Crippen LogP contribution in [0.15, 0.2) is 24.4 Å². The molecule has 3 heterocycles. The number of thiazole rings is 1. The molecule has 5 nitrogen and oxygen atoms in total. The molecule has 2 aromatic heterocycles. The number of carbonyl (C=O) groups excluding carboxylic acids is 1. The zero-order valence-electron chi connectivity index (χ0n) is 15.1. The Kier molecular flexibility index (Phi) is 5.81. The largest absolute Gasteiger partial charge is 0.376 e. The second kappa shape index (κ2) is 8.06. The summed E-state index contributed by atoms with van der Waals surface area (Å²) in [7, 11) is 0. The van der Waals surface area contributed by atoms with Gasteiger partial charge in [0.15, 0.2) is 0 Å². The van der Waals surface area contributed by atoms with Gasteiger partial charge in [0, 0.05) is 25.3 Å². The lowest BCUT2D eigenvalue weighted by atomic mass is 10.2. The maximum Gasteiger partial charge on any atom is 0.266 e. The maximum absolute atomic E-state index is 13.2. The normalized spacial score (nSPS) is 17.2. The number of hydrogen-bond acceptors (Lipinski definition) is 5. The molecule has 2 aromatic rings.